The Morgan fingerprint density at radius 1 is 0.926 bits per heavy atom. The van der Waals surface area contributed by atoms with Gasteiger partial charge in [-0.25, -0.2) is 4.79 Å². The van der Waals surface area contributed by atoms with E-state index in [0.29, 0.717) is 11.4 Å². The lowest BCUT2D eigenvalue weighted by Crippen LogP contribution is -2.31. The summed E-state index contributed by atoms with van der Waals surface area (Å²) in [6.45, 7) is -0.449. The van der Waals surface area contributed by atoms with E-state index >= 15 is 0 Å². The smallest absolute Gasteiger partial charge is 0.341 e. The van der Waals surface area contributed by atoms with Crippen molar-refractivity contribution < 1.29 is 24.2 Å². The fourth-order valence-corrected chi connectivity index (χ4v) is 3.10. The SMILES string of the molecule is CN(C(=O)COc1ccc2c(c1)CCCC2)c1ccc(OCC(=O)O)cc1. The van der Waals surface area contributed by atoms with Crippen LogP contribution >= 0.6 is 0 Å². The number of hydrogen-bond donors (Lipinski definition) is 1. The highest BCUT2D eigenvalue weighted by atomic mass is 16.5. The van der Waals surface area contributed by atoms with Crippen molar-refractivity contribution in [1.29, 1.82) is 0 Å². The third-order valence-corrected chi connectivity index (χ3v) is 4.64. The minimum atomic E-state index is -1.04. The summed E-state index contributed by atoms with van der Waals surface area (Å²) < 4.78 is 10.8. The summed E-state index contributed by atoms with van der Waals surface area (Å²) in [5.41, 5.74) is 3.37. The molecule has 0 atom stereocenters. The first kappa shape index (κ1) is 18.8. The van der Waals surface area contributed by atoms with Gasteiger partial charge in [0, 0.05) is 12.7 Å². The molecule has 1 N–H and O–H groups in total. The van der Waals surface area contributed by atoms with Crippen molar-refractivity contribution in [2.75, 3.05) is 25.2 Å². The Labute approximate surface area is 158 Å². The predicted octanol–water partition coefficient (Wildman–Crippen LogP) is 3.07. The van der Waals surface area contributed by atoms with Gasteiger partial charge in [0.2, 0.25) is 0 Å². The number of fused-ring (bicyclic) bond motifs is 1. The molecular formula is C21H23NO5. The zero-order chi connectivity index (χ0) is 19.2. The molecule has 6 nitrogen and oxygen atoms in total. The predicted molar refractivity (Wildman–Crippen MR) is 102 cm³/mol. The number of ether oxygens (including phenoxy) is 2. The molecule has 0 radical (unpaired) electrons. The molecule has 1 aliphatic rings. The van der Waals surface area contributed by atoms with Gasteiger partial charge in [-0.05, 0) is 73.2 Å². The fourth-order valence-electron chi connectivity index (χ4n) is 3.10. The monoisotopic (exact) mass is 369 g/mol. The van der Waals surface area contributed by atoms with Crippen LogP contribution in [0.25, 0.3) is 0 Å². The van der Waals surface area contributed by atoms with E-state index < -0.39 is 12.6 Å². The molecule has 1 amide bonds. The van der Waals surface area contributed by atoms with Crippen LogP contribution in [-0.4, -0.2) is 37.2 Å². The number of rotatable bonds is 7. The Kier molecular flexibility index (Phi) is 5.96. The molecule has 0 fully saturated rings. The first-order valence-electron chi connectivity index (χ1n) is 8.99. The summed E-state index contributed by atoms with van der Waals surface area (Å²) in [7, 11) is 1.67. The molecule has 1 aliphatic carbocycles. The second kappa shape index (κ2) is 8.58. The Balaban J connectivity index is 1.55. The Hall–Kier alpha value is -3.02. The van der Waals surface area contributed by atoms with E-state index in [-0.39, 0.29) is 12.5 Å². The zero-order valence-electron chi connectivity index (χ0n) is 15.3. The van der Waals surface area contributed by atoms with E-state index in [2.05, 4.69) is 6.07 Å². The van der Waals surface area contributed by atoms with E-state index in [4.69, 9.17) is 14.6 Å². The van der Waals surface area contributed by atoms with Gasteiger partial charge in [-0.3, -0.25) is 4.79 Å². The second-order valence-corrected chi connectivity index (χ2v) is 6.56. The standard InChI is InChI=1S/C21H23NO5/c1-22(17-7-10-18(11-8-17)27-14-21(24)25)20(23)13-26-19-9-6-15-4-2-3-5-16(15)12-19/h6-12H,2-5,13-14H2,1H3,(H,24,25). The van der Waals surface area contributed by atoms with Gasteiger partial charge < -0.3 is 19.5 Å². The number of anilines is 1. The third-order valence-electron chi connectivity index (χ3n) is 4.64. The highest BCUT2D eigenvalue weighted by Crippen LogP contribution is 2.25. The van der Waals surface area contributed by atoms with Crippen LogP contribution in [0.5, 0.6) is 11.5 Å². The van der Waals surface area contributed by atoms with Gasteiger partial charge in [0.15, 0.2) is 13.2 Å². The maximum Gasteiger partial charge on any atom is 0.341 e. The normalized spacial score (nSPS) is 12.8. The summed E-state index contributed by atoms with van der Waals surface area (Å²) in [5.74, 6) is -0.0558. The van der Waals surface area contributed by atoms with Gasteiger partial charge in [-0.15, -0.1) is 0 Å². The quantitative estimate of drug-likeness (QED) is 0.812. The minimum Gasteiger partial charge on any atom is -0.484 e. The summed E-state index contributed by atoms with van der Waals surface area (Å²) >= 11 is 0. The molecular weight excluding hydrogens is 346 g/mol. The van der Waals surface area contributed by atoms with E-state index in [1.807, 2.05) is 12.1 Å². The molecule has 142 valence electrons. The van der Waals surface area contributed by atoms with Gasteiger partial charge >= 0.3 is 5.97 Å². The van der Waals surface area contributed by atoms with Crippen molar-refractivity contribution in [3.8, 4) is 11.5 Å². The van der Waals surface area contributed by atoms with Crippen LogP contribution in [0.3, 0.4) is 0 Å². The molecule has 0 aromatic heterocycles. The topological polar surface area (TPSA) is 76.1 Å². The molecule has 27 heavy (non-hydrogen) atoms. The van der Waals surface area contributed by atoms with Gasteiger partial charge in [0.05, 0.1) is 0 Å². The molecule has 0 saturated carbocycles. The molecule has 0 saturated heterocycles. The lowest BCUT2D eigenvalue weighted by molar-refractivity contribution is -0.139. The average Bonchev–Trinajstić information content (AvgIpc) is 2.70. The number of nitrogens with zero attached hydrogens (tertiary/aromatic N) is 1. The number of aliphatic carboxylic acids is 1. The number of carboxylic acid groups (broad SMARTS) is 1. The number of hydrogen-bond acceptors (Lipinski definition) is 4. The number of carboxylic acids is 1. The van der Waals surface area contributed by atoms with Crippen LogP contribution in [0.1, 0.15) is 24.0 Å². The summed E-state index contributed by atoms with van der Waals surface area (Å²) in [4.78, 5) is 24.4. The first-order chi connectivity index (χ1) is 13.0. The molecule has 0 unspecified atom stereocenters. The van der Waals surface area contributed by atoms with Crippen molar-refractivity contribution in [3.05, 3.63) is 53.6 Å². The van der Waals surface area contributed by atoms with Crippen LogP contribution in [0, 0.1) is 0 Å². The van der Waals surface area contributed by atoms with Gasteiger partial charge in [0.1, 0.15) is 11.5 Å². The number of carbonyl (C=O) groups excluding carboxylic acids is 1. The number of carbonyl (C=O) groups is 2. The van der Waals surface area contributed by atoms with Crippen LogP contribution in [0.15, 0.2) is 42.5 Å². The van der Waals surface area contributed by atoms with Gasteiger partial charge in [0.25, 0.3) is 5.91 Å². The van der Waals surface area contributed by atoms with Crippen molar-refractivity contribution >= 4 is 17.6 Å². The van der Waals surface area contributed by atoms with Gasteiger partial charge in [-0.1, -0.05) is 6.07 Å². The largest absolute Gasteiger partial charge is 0.484 e. The third kappa shape index (κ3) is 5.00. The van der Waals surface area contributed by atoms with E-state index in [1.165, 1.54) is 28.9 Å². The number of aryl methyl sites for hydroxylation is 2. The maximum absolute atomic E-state index is 12.4. The molecule has 2 aromatic rings. The highest BCUT2D eigenvalue weighted by molar-refractivity contribution is 5.93. The van der Waals surface area contributed by atoms with Crippen molar-refractivity contribution in [1.82, 2.24) is 0 Å². The Morgan fingerprint density at radius 2 is 1.56 bits per heavy atom. The fraction of sp³-hybridized carbons (Fsp3) is 0.333. The van der Waals surface area contributed by atoms with Crippen LogP contribution in [0.2, 0.25) is 0 Å². The second-order valence-electron chi connectivity index (χ2n) is 6.56. The van der Waals surface area contributed by atoms with E-state index in [0.717, 1.165) is 18.6 Å². The van der Waals surface area contributed by atoms with Crippen molar-refractivity contribution in [2.24, 2.45) is 0 Å². The Morgan fingerprint density at radius 3 is 2.26 bits per heavy atom. The van der Waals surface area contributed by atoms with Crippen molar-refractivity contribution in [2.45, 2.75) is 25.7 Å². The van der Waals surface area contributed by atoms with Gasteiger partial charge in [-0.2, -0.15) is 0 Å². The summed E-state index contributed by atoms with van der Waals surface area (Å²) in [6, 6.07) is 12.7. The summed E-state index contributed by atoms with van der Waals surface area (Å²) in [5, 5.41) is 8.62. The Bertz CT molecular complexity index is 816. The van der Waals surface area contributed by atoms with Crippen LogP contribution in [0.4, 0.5) is 5.69 Å². The van der Waals surface area contributed by atoms with E-state index in [9.17, 15) is 9.59 Å². The molecule has 6 heteroatoms. The number of benzene rings is 2. The number of likely N-dealkylation sites (N-methyl/N-ethyl adjacent to an activating group) is 1. The number of amides is 1. The zero-order valence-corrected chi connectivity index (χ0v) is 15.3. The van der Waals surface area contributed by atoms with Crippen molar-refractivity contribution in [3.63, 3.8) is 0 Å². The molecule has 0 aliphatic heterocycles. The lowest BCUT2D eigenvalue weighted by atomic mass is 9.92. The minimum absolute atomic E-state index is 0.0491. The maximum atomic E-state index is 12.4. The van der Waals surface area contributed by atoms with Crippen LogP contribution in [-0.2, 0) is 22.4 Å². The van der Waals surface area contributed by atoms with E-state index in [1.54, 1.807) is 31.3 Å². The lowest BCUT2D eigenvalue weighted by Gasteiger charge is -2.19. The average molecular weight is 369 g/mol. The molecule has 0 spiro atoms. The molecule has 2 aromatic carbocycles. The first-order valence-corrected chi connectivity index (χ1v) is 8.99. The molecule has 3 rings (SSSR count). The summed E-state index contributed by atoms with van der Waals surface area (Å²) in [6.07, 6.45) is 4.61. The molecule has 0 heterocycles. The van der Waals surface area contributed by atoms with Crippen LogP contribution < -0.4 is 14.4 Å². The molecule has 0 bridgehead atoms. The highest BCUT2D eigenvalue weighted by Gasteiger charge is 2.14.